The first kappa shape index (κ1) is 24.1. The van der Waals surface area contributed by atoms with Gasteiger partial charge in [0.05, 0.1) is 18.3 Å². The fourth-order valence-corrected chi connectivity index (χ4v) is 5.64. The van der Waals surface area contributed by atoms with E-state index in [1.807, 2.05) is 74.5 Å². The molecule has 0 aliphatic heterocycles. The predicted molar refractivity (Wildman–Crippen MR) is 134 cm³/mol. The standard InChI is InChI=1S/C26H27ClN4O2S/c1-18-12-19(2)14-22(13-18)17-34(32,33)26-30-29-25(31(26)16-21-6-4-3-5-7-21)24(28)15-20-8-10-23(27)11-9-20/h3-14,24H,15-17,28H2,1-2H3. The number of rotatable bonds is 8. The maximum atomic E-state index is 13.5. The van der Waals surface area contributed by atoms with Gasteiger partial charge in [0.2, 0.25) is 15.0 Å². The third kappa shape index (κ3) is 5.73. The monoisotopic (exact) mass is 494 g/mol. The first-order valence-electron chi connectivity index (χ1n) is 11.0. The van der Waals surface area contributed by atoms with Crippen molar-refractivity contribution in [1.29, 1.82) is 0 Å². The van der Waals surface area contributed by atoms with Crippen LogP contribution < -0.4 is 5.73 Å². The van der Waals surface area contributed by atoms with Crippen molar-refractivity contribution in [3.8, 4) is 0 Å². The number of hydrogen-bond acceptors (Lipinski definition) is 5. The van der Waals surface area contributed by atoms with Gasteiger partial charge in [-0.3, -0.25) is 4.57 Å². The van der Waals surface area contributed by atoms with Crippen LogP contribution in [0.3, 0.4) is 0 Å². The Hall–Kier alpha value is -3.00. The molecule has 0 saturated carbocycles. The average Bonchev–Trinajstić information content (AvgIpc) is 3.19. The minimum absolute atomic E-state index is 0.0722. The third-order valence-electron chi connectivity index (χ3n) is 5.55. The van der Waals surface area contributed by atoms with Gasteiger partial charge in [0.1, 0.15) is 0 Å². The van der Waals surface area contributed by atoms with Crippen LogP contribution >= 0.6 is 11.6 Å². The number of nitrogens with two attached hydrogens (primary N) is 1. The molecule has 1 unspecified atom stereocenters. The zero-order chi connectivity index (χ0) is 24.3. The van der Waals surface area contributed by atoms with Crippen LogP contribution in [0.5, 0.6) is 0 Å². The van der Waals surface area contributed by atoms with Gasteiger partial charge in [-0.05, 0) is 49.1 Å². The summed E-state index contributed by atoms with van der Waals surface area (Å²) in [6, 6.07) is 22.3. The molecule has 8 heteroatoms. The summed E-state index contributed by atoms with van der Waals surface area (Å²) in [6.07, 6.45) is 0.473. The molecule has 4 aromatic rings. The average molecular weight is 495 g/mol. The first-order chi connectivity index (χ1) is 16.2. The molecule has 0 fully saturated rings. The highest BCUT2D eigenvalue weighted by Crippen LogP contribution is 2.23. The molecule has 0 saturated heterocycles. The highest BCUT2D eigenvalue weighted by Gasteiger charge is 2.28. The smallest absolute Gasteiger partial charge is 0.250 e. The number of halogens is 1. The molecule has 0 radical (unpaired) electrons. The quantitative estimate of drug-likeness (QED) is 0.379. The van der Waals surface area contributed by atoms with E-state index in [0.29, 0.717) is 23.8 Å². The Morgan fingerprint density at radius 2 is 1.53 bits per heavy atom. The van der Waals surface area contributed by atoms with E-state index >= 15 is 0 Å². The Labute approximate surface area is 205 Å². The predicted octanol–water partition coefficient (Wildman–Crippen LogP) is 4.81. The van der Waals surface area contributed by atoms with Gasteiger partial charge >= 0.3 is 0 Å². The minimum atomic E-state index is -3.77. The molecule has 1 heterocycles. The first-order valence-corrected chi connectivity index (χ1v) is 13.0. The molecule has 0 aliphatic rings. The molecule has 34 heavy (non-hydrogen) atoms. The van der Waals surface area contributed by atoms with Crippen LogP contribution in [-0.4, -0.2) is 23.2 Å². The lowest BCUT2D eigenvalue weighted by Crippen LogP contribution is -2.22. The van der Waals surface area contributed by atoms with E-state index < -0.39 is 15.9 Å². The number of nitrogens with zero attached hydrogens (tertiary/aromatic N) is 3. The lowest BCUT2D eigenvalue weighted by molar-refractivity contribution is 0.553. The van der Waals surface area contributed by atoms with Gasteiger partial charge in [0.25, 0.3) is 0 Å². The zero-order valence-electron chi connectivity index (χ0n) is 19.1. The van der Waals surface area contributed by atoms with Crippen molar-refractivity contribution in [1.82, 2.24) is 14.8 Å². The second kappa shape index (κ2) is 10.1. The van der Waals surface area contributed by atoms with Gasteiger partial charge in [0, 0.05) is 5.02 Å². The van der Waals surface area contributed by atoms with E-state index in [9.17, 15) is 8.42 Å². The topological polar surface area (TPSA) is 90.9 Å². The Morgan fingerprint density at radius 3 is 2.18 bits per heavy atom. The molecule has 1 atom stereocenters. The number of hydrogen-bond donors (Lipinski definition) is 1. The van der Waals surface area contributed by atoms with Crippen LogP contribution in [0.1, 0.15) is 39.7 Å². The molecule has 6 nitrogen and oxygen atoms in total. The van der Waals surface area contributed by atoms with Gasteiger partial charge in [-0.15, -0.1) is 10.2 Å². The molecule has 2 N–H and O–H groups in total. The van der Waals surface area contributed by atoms with Crippen molar-refractivity contribution in [2.24, 2.45) is 5.73 Å². The fourth-order valence-electron chi connectivity index (χ4n) is 4.12. The summed E-state index contributed by atoms with van der Waals surface area (Å²) in [5, 5.41) is 8.95. The van der Waals surface area contributed by atoms with Crippen molar-refractivity contribution in [3.63, 3.8) is 0 Å². The van der Waals surface area contributed by atoms with E-state index in [2.05, 4.69) is 10.2 Å². The van der Waals surface area contributed by atoms with Crippen LogP contribution in [0.2, 0.25) is 5.02 Å². The number of aryl methyl sites for hydroxylation is 2. The summed E-state index contributed by atoms with van der Waals surface area (Å²) in [6.45, 7) is 4.21. The van der Waals surface area contributed by atoms with Crippen LogP contribution in [0, 0.1) is 13.8 Å². The highest BCUT2D eigenvalue weighted by molar-refractivity contribution is 7.90. The Morgan fingerprint density at radius 1 is 0.882 bits per heavy atom. The van der Waals surface area contributed by atoms with Crippen molar-refractivity contribution in [2.75, 3.05) is 0 Å². The van der Waals surface area contributed by atoms with E-state index in [1.54, 1.807) is 16.7 Å². The maximum absolute atomic E-state index is 13.5. The Kier molecular flexibility index (Phi) is 7.16. The van der Waals surface area contributed by atoms with Gasteiger partial charge in [-0.25, -0.2) is 8.42 Å². The number of aromatic nitrogens is 3. The van der Waals surface area contributed by atoms with E-state index in [0.717, 1.165) is 27.8 Å². The Balaban J connectivity index is 1.71. The Bertz CT molecular complexity index is 1360. The molecule has 4 rings (SSSR count). The van der Waals surface area contributed by atoms with Crippen LogP contribution in [0.25, 0.3) is 0 Å². The molecule has 3 aromatic carbocycles. The summed E-state index contributed by atoms with van der Waals surface area (Å²) in [7, 11) is -3.77. The maximum Gasteiger partial charge on any atom is 0.250 e. The lowest BCUT2D eigenvalue weighted by Gasteiger charge is -2.16. The summed E-state index contributed by atoms with van der Waals surface area (Å²) in [4.78, 5) is 0. The molecule has 0 bridgehead atoms. The van der Waals surface area contributed by atoms with E-state index in [1.165, 1.54) is 0 Å². The zero-order valence-corrected chi connectivity index (χ0v) is 20.7. The van der Waals surface area contributed by atoms with E-state index in [4.69, 9.17) is 17.3 Å². The summed E-state index contributed by atoms with van der Waals surface area (Å²) in [5.74, 6) is 0.271. The van der Waals surface area contributed by atoms with Crippen LogP contribution in [-0.2, 0) is 28.6 Å². The third-order valence-corrected chi connectivity index (χ3v) is 7.37. The molecular formula is C26H27ClN4O2S. The van der Waals surface area contributed by atoms with Gasteiger partial charge < -0.3 is 5.73 Å². The lowest BCUT2D eigenvalue weighted by atomic mass is 10.1. The fraction of sp³-hybridized carbons (Fsp3) is 0.231. The second-order valence-corrected chi connectivity index (χ2v) is 10.9. The van der Waals surface area contributed by atoms with Crippen molar-refractivity contribution in [2.45, 2.75) is 43.8 Å². The van der Waals surface area contributed by atoms with Crippen molar-refractivity contribution < 1.29 is 8.42 Å². The summed E-state index contributed by atoms with van der Waals surface area (Å²) >= 11 is 6.00. The van der Waals surface area contributed by atoms with Crippen LogP contribution in [0.4, 0.5) is 0 Å². The van der Waals surface area contributed by atoms with Crippen LogP contribution in [0.15, 0.2) is 78.0 Å². The summed E-state index contributed by atoms with van der Waals surface area (Å²) < 4.78 is 28.6. The normalized spacial score (nSPS) is 12.6. The van der Waals surface area contributed by atoms with Crippen molar-refractivity contribution in [3.05, 3.63) is 111 Å². The molecule has 1 aromatic heterocycles. The SMILES string of the molecule is Cc1cc(C)cc(CS(=O)(=O)c2nnc(C(N)Cc3ccc(Cl)cc3)n2Cc2ccccc2)c1. The summed E-state index contributed by atoms with van der Waals surface area (Å²) in [5.41, 5.74) is 11.2. The molecule has 176 valence electrons. The van der Waals surface area contributed by atoms with Gasteiger partial charge in [-0.2, -0.15) is 0 Å². The molecule has 0 amide bonds. The molecular weight excluding hydrogens is 468 g/mol. The highest BCUT2D eigenvalue weighted by atomic mass is 35.5. The van der Waals surface area contributed by atoms with E-state index in [-0.39, 0.29) is 10.9 Å². The largest absolute Gasteiger partial charge is 0.321 e. The number of benzene rings is 3. The van der Waals surface area contributed by atoms with Gasteiger partial charge in [0.15, 0.2) is 5.82 Å². The van der Waals surface area contributed by atoms with Gasteiger partial charge in [-0.1, -0.05) is 83.4 Å². The minimum Gasteiger partial charge on any atom is -0.321 e. The molecule has 0 spiro atoms. The number of sulfone groups is 1. The molecule has 0 aliphatic carbocycles. The second-order valence-electron chi connectivity index (χ2n) is 8.60. The van der Waals surface area contributed by atoms with Crippen molar-refractivity contribution >= 4 is 21.4 Å².